The van der Waals surface area contributed by atoms with Crippen LogP contribution in [0.4, 0.5) is 0 Å². The molecule has 1 unspecified atom stereocenters. The topological polar surface area (TPSA) is 80.0 Å². The molecule has 0 aliphatic rings. The van der Waals surface area contributed by atoms with Crippen LogP contribution in [0.3, 0.4) is 0 Å². The number of methoxy groups -OCH3 is 1. The van der Waals surface area contributed by atoms with Crippen LogP contribution in [0.15, 0.2) is 42.6 Å². The van der Waals surface area contributed by atoms with E-state index < -0.39 is 11.9 Å². The molecule has 5 heteroatoms. The van der Waals surface area contributed by atoms with E-state index in [4.69, 9.17) is 4.74 Å². The van der Waals surface area contributed by atoms with Gasteiger partial charge in [-0.2, -0.15) is 5.26 Å². The van der Waals surface area contributed by atoms with Crippen LogP contribution in [0.5, 0.6) is 0 Å². The number of benzene rings is 1. The molecule has 128 valence electrons. The van der Waals surface area contributed by atoms with E-state index in [9.17, 15) is 14.9 Å². The van der Waals surface area contributed by atoms with Gasteiger partial charge in [0.1, 0.15) is 11.7 Å². The third-order valence-corrected chi connectivity index (χ3v) is 3.96. The van der Waals surface area contributed by atoms with Crippen molar-refractivity contribution in [3.63, 3.8) is 0 Å². The quantitative estimate of drug-likeness (QED) is 0.572. The second kappa shape index (κ2) is 8.74. The van der Waals surface area contributed by atoms with Crippen molar-refractivity contribution in [3.8, 4) is 17.3 Å². The van der Waals surface area contributed by atoms with Gasteiger partial charge in [-0.1, -0.05) is 31.2 Å². The highest BCUT2D eigenvalue weighted by molar-refractivity contribution is 5.99. The monoisotopic (exact) mass is 336 g/mol. The number of ketones is 1. The average Bonchev–Trinajstić information content (AvgIpc) is 2.66. The predicted octanol–water partition coefficient (Wildman–Crippen LogP) is 3.32. The molecule has 0 amide bonds. The van der Waals surface area contributed by atoms with Crippen molar-refractivity contribution in [1.29, 1.82) is 5.26 Å². The zero-order valence-corrected chi connectivity index (χ0v) is 14.4. The molecular formula is C20H20N2O3. The first-order valence-electron chi connectivity index (χ1n) is 8.15. The molecule has 0 saturated carbocycles. The lowest BCUT2D eigenvalue weighted by Crippen LogP contribution is -2.27. The van der Waals surface area contributed by atoms with E-state index in [0.29, 0.717) is 24.1 Å². The fourth-order valence-corrected chi connectivity index (χ4v) is 2.64. The number of rotatable bonds is 7. The van der Waals surface area contributed by atoms with Crippen LogP contribution in [-0.2, 0) is 20.7 Å². The second-order valence-electron chi connectivity index (χ2n) is 5.71. The Morgan fingerprint density at radius 3 is 2.60 bits per heavy atom. The predicted molar refractivity (Wildman–Crippen MR) is 93.5 cm³/mol. The van der Waals surface area contributed by atoms with E-state index >= 15 is 0 Å². The zero-order valence-electron chi connectivity index (χ0n) is 14.4. The van der Waals surface area contributed by atoms with Crippen molar-refractivity contribution >= 4 is 11.8 Å². The molecule has 1 heterocycles. The maximum atomic E-state index is 12.2. The fourth-order valence-electron chi connectivity index (χ4n) is 2.64. The van der Waals surface area contributed by atoms with Gasteiger partial charge in [-0.05, 0) is 30.5 Å². The number of carbonyl (C=O) groups is 2. The Morgan fingerprint density at radius 1 is 1.24 bits per heavy atom. The molecule has 1 aromatic carbocycles. The molecule has 2 rings (SSSR count). The Labute approximate surface area is 147 Å². The highest BCUT2D eigenvalue weighted by Crippen LogP contribution is 2.22. The fraction of sp³-hybridized carbons (Fsp3) is 0.300. The summed E-state index contributed by atoms with van der Waals surface area (Å²) in [7, 11) is 1.29. The molecule has 0 radical (unpaired) electrons. The summed E-state index contributed by atoms with van der Waals surface area (Å²) in [5.74, 6) is -1.44. The first kappa shape index (κ1) is 18.3. The minimum absolute atomic E-state index is 0.117. The van der Waals surface area contributed by atoms with Crippen LogP contribution in [0.25, 0.3) is 11.3 Å². The molecular weight excluding hydrogens is 316 g/mol. The Morgan fingerprint density at radius 2 is 2.00 bits per heavy atom. The second-order valence-corrected chi connectivity index (χ2v) is 5.71. The van der Waals surface area contributed by atoms with Crippen LogP contribution in [0.2, 0.25) is 0 Å². The van der Waals surface area contributed by atoms with Crippen LogP contribution in [-0.4, -0.2) is 23.8 Å². The van der Waals surface area contributed by atoms with E-state index in [0.717, 1.165) is 11.1 Å². The van der Waals surface area contributed by atoms with Gasteiger partial charge in [0.05, 0.1) is 24.4 Å². The first-order chi connectivity index (χ1) is 12.1. The Balaban J connectivity index is 2.22. The summed E-state index contributed by atoms with van der Waals surface area (Å²) in [6.45, 7) is 1.90. The Kier molecular flexibility index (Phi) is 6.41. The van der Waals surface area contributed by atoms with Gasteiger partial charge >= 0.3 is 5.97 Å². The zero-order chi connectivity index (χ0) is 18.2. The van der Waals surface area contributed by atoms with E-state index in [2.05, 4.69) is 11.1 Å². The van der Waals surface area contributed by atoms with Gasteiger partial charge in [0.25, 0.3) is 0 Å². The van der Waals surface area contributed by atoms with Crippen molar-refractivity contribution in [3.05, 3.63) is 53.7 Å². The molecule has 1 aromatic heterocycles. The maximum absolute atomic E-state index is 12.2. The molecule has 0 bridgehead atoms. The minimum Gasteiger partial charge on any atom is -0.468 e. The molecule has 1 atom stereocenters. The van der Waals surface area contributed by atoms with Gasteiger partial charge in [0, 0.05) is 18.2 Å². The number of hydrogen-bond acceptors (Lipinski definition) is 5. The average molecular weight is 336 g/mol. The molecule has 0 spiro atoms. The Hall–Kier alpha value is -3.00. The van der Waals surface area contributed by atoms with Crippen LogP contribution >= 0.6 is 0 Å². The largest absolute Gasteiger partial charge is 0.468 e. The summed E-state index contributed by atoms with van der Waals surface area (Å²) in [4.78, 5) is 28.5. The number of aromatic nitrogens is 1. The van der Waals surface area contributed by atoms with Crippen molar-refractivity contribution in [1.82, 2.24) is 4.98 Å². The molecule has 25 heavy (non-hydrogen) atoms. The van der Waals surface area contributed by atoms with Gasteiger partial charge in [0.2, 0.25) is 0 Å². The van der Waals surface area contributed by atoms with Crippen LogP contribution < -0.4 is 0 Å². The van der Waals surface area contributed by atoms with E-state index in [1.54, 1.807) is 24.4 Å². The van der Waals surface area contributed by atoms with E-state index in [-0.39, 0.29) is 12.2 Å². The molecule has 0 saturated heterocycles. The highest BCUT2D eigenvalue weighted by Gasteiger charge is 2.27. The normalized spacial score (nSPS) is 11.4. The number of Topliss-reactive ketones (excluding diaryl/α,β-unsaturated/α-hetero) is 1. The van der Waals surface area contributed by atoms with Gasteiger partial charge < -0.3 is 4.74 Å². The number of hydrogen-bond donors (Lipinski definition) is 0. The van der Waals surface area contributed by atoms with Crippen LogP contribution in [0.1, 0.15) is 30.9 Å². The van der Waals surface area contributed by atoms with Gasteiger partial charge in [0.15, 0.2) is 0 Å². The summed E-state index contributed by atoms with van der Waals surface area (Å²) < 4.78 is 4.76. The third kappa shape index (κ3) is 4.51. The lowest BCUT2D eigenvalue weighted by atomic mass is 9.93. The summed E-state index contributed by atoms with van der Waals surface area (Å²) in [5.41, 5.74) is 2.75. The lowest BCUT2D eigenvalue weighted by molar-refractivity contribution is -0.149. The van der Waals surface area contributed by atoms with Crippen molar-refractivity contribution < 1.29 is 14.3 Å². The summed E-state index contributed by atoms with van der Waals surface area (Å²) in [6.07, 6.45) is 2.94. The first-order valence-corrected chi connectivity index (χ1v) is 8.15. The number of pyridine rings is 1. The minimum atomic E-state index is -0.802. The molecule has 0 aliphatic carbocycles. The summed E-state index contributed by atoms with van der Waals surface area (Å²) >= 11 is 0. The smallest absolute Gasteiger partial charge is 0.316 e. The number of nitriles is 1. The van der Waals surface area contributed by atoms with Gasteiger partial charge in [-0.25, -0.2) is 0 Å². The highest BCUT2D eigenvalue weighted by atomic mass is 16.5. The van der Waals surface area contributed by atoms with Gasteiger partial charge in [-0.3, -0.25) is 14.6 Å². The Bertz CT molecular complexity index is 791. The molecule has 2 aromatic rings. The lowest BCUT2D eigenvalue weighted by Gasteiger charge is -2.13. The number of nitrogens with zero attached hydrogens (tertiary/aromatic N) is 2. The molecule has 5 nitrogen and oxygen atoms in total. The number of ether oxygens (including phenoxy) is 1. The SMILES string of the molecule is CCCC(=O)C(Cc1ccc(-c2ccccc2C#N)nc1)C(=O)OC. The van der Waals surface area contributed by atoms with Crippen molar-refractivity contribution in [2.45, 2.75) is 26.2 Å². The molecule has 0 aliphatic heterocycles. The maximum Gasteiger partial charge on any atom is 0.316 e. The van der Waals surface area contributed by atoms with Crippen LogP contribution in [0, 0.1) is 17.2 Å². The summed E-state index contributed by atoms with van der Waals surface area (Å²) in [6, 6.07) is 13.0. The van der Waals surface area contributed by atoms with Gasteiger partial charge in [-0.15, -0.1) is 0 Å². The van der Waals surface area contributed by atoms with E-state index in [1.165, 1.54) is 7.11 Å². The van der Waals surface area contributed by atoms with Crippen molar-refractivity contribution in [2.75, 3.05) is 7.11 Å². The standard InChI is InChI=1S/C20H20N2O3/c1-3-6-19(23)17(20(24)25-2)11-14-9-10-18(22-13-14)16-8-5-4-7-15(16)12-21/h4-5,7-10,13,17H,3,6,11H2,1-2H3. The molecule has 0 N–H and O–H groups in total. The summed E-state index contributed by atoms with van der Waals surface area (Å²) in [5, 5.41) is 9.19. The van der Waals surface area contributed by atoms with E-state index in [1.807, 2.05) is 25.1 Å². The number of esters is 1. The third-order valence-electron chi connectivity index (χ3n) is 3.96. The molecule has 0 fully saturated rings. The number of carbonyl (C=O) groups excluding carboxylic acids is 2. The van der Waals surface area contributed by atoms with Crippen molar-refractivity contribution in [2.24, 2.45) is 5.92 Å².